The van der Waals surface area contributed by atoms with E-state index < -0.39 is 5.91 Å². The first-order valence-corrected chi connectivity index (χ1v) is 10.9. The molecule has 0 saturated carbocycles. The first kappa shape index (κ1) is 21.6. The number of hydrogen-bond acceptors (Lipinski definition) is 5. The average molecular weight is 429 g/mol. The number of benzene rings is 1. The molecule has 9 heteroatoms. The molecule has 4 N–H and O–H groups in total. The summed E-state index contributed by atoms with van der Waals surface area (Å²) in [5, 5.41) is 9.29. The number of primary amides is 1. The Balaban J connectivity index is 1.57. The highest BCUT2D eigenvalue weighted by molar-refractivity contribution is 7.14. The van der Waals surface area contributed by atoms with Crippen molar-refractivity contribution < 1.29 is 9.59 Å². The van der Waals surface area contributed by atoms with Crippen LogP contribution in [0.1, 0.15) is 22.8 Å². The van der Waals surface area contributed by atoms with Crippen LogP contribution < -0.4 is 21.3 Å². The number of carbonyl (C=O) groups is 2. The highest BCUT2D eigenvalue weighted by Crippen LogP contribution is 2.22. The zero-order valence-corrected chi connectivity index (χ0v) is 18.0. The molecule has 0 spiro atoms. The Kier molecular flexibility index (Phi) is 7.67. The van der Waals surface area contributed by atoms with Gasteiger partial charge in [0.25, 0.3) is 5.91 Å². The maximum Gasteiger partial charge on any atom is 0.251 e. The summed E-state index contributed by atoms with van der Waals surface area (Å²) < 4.78 is 0. The van der Waals surface area contributed by atoms with Gasteiger partial charge in [0.2, 0.25) is 5.91 Å². The molecule has 30 heavy (non-hydrogen) atoms. The molecule has 1 aliphatic rings. The monoisotopic (exact) mass is 428 g/mol. The number of nitrogens with zero attached hydrogens (tertiary/aromatic N) is 3. The van der Waals surface area contributed by atoms with Crippen molar-refractivity contribution in [2.24, 2.45) is 10.7 Å². The van der Waals surface area contributed by atoms with E-state index >= 15 is 0 Å². The van der Waals surface area contributed by atoms with E-state index in [1.165, 1.54) is 5.00 Å². The van der Waals surface area contributed by atoms with E-state index in [4.69, 9.17) is 10.7 Å². The molecule has 3 rings (SSSR count). The molecule has 8 nitrogen and oxygen atoms in total. The van der Waals surface area contributed by atoms with Crippen molar-refractivity contribution in [1.82, 2.24) is 15.5 Å². The SMILES string of the molecule is CCNC(=NCc1ccc(C(=O)NCC(N)=O)cc1)N1CCN(c2cccs2)CC1. The Bertz CT molecular complexity index is 858. The van der Waals surface area contributed by atoms with Crippen molar-refractivity contribution in [3.8, 4) is 0 Å². The summed E-state index contributed by atoms with van der Waals surface area (Å²) in [6, 6.07) is 11.5. The Morgan fingerprint density at radius 3 is 2.43 bits per heavy atom. The minimum Gasteiger partial charge on any atom is -0.368 e. The highest BCUT2D eigenvalue weighted by atomic mass is 32.1. The summed E-state index contributed by atoms with van der Waals surface area (Å²) in [4.78, 5) is 32.2. The van der Waals surface area contributed by atoms with Crippen LogP contribution in [-0.4, -0.2) is 61.9 Å². The lowest BCUT2D eigenvalue weighted by molar-refractivity contribution is -0.117. The number of rotatable bonds is 7. The van der Waals surface area contributed by atoms with Gasteiger partial charge in [-0.1, -0.05) is 12.1 Å². The van der Waals surface area contributed by atoms with Crippen molar-refractivity contribution >= 4 is 34.1 Å². The van der Waals surface area contributed by atoms with E-state index in [1.54, 1.807) is 23.5 Å². The van der Waals surface area contributed by atoms with Crippen LogP contribution in [0.25, 0.3) is 0 Å². The summed E-state index contributed by atoms with van der Waals surface area (Å²) in [5.41, 5.74) is 6.54. The lowest BCUT2D eigenvalue weighted by Crippen LogP contribution is -2.52. The zero-order chi connectivity index (χ0) is 21.3. The molecule has 0 unspecified atom stereocenters. The van der Waals surface area contributed by atoms with Gasteiger partial charge in [0.1, 0.15) is 0 Å². The highest BCUT2D eigenvalue weighted by Gasteiger charge is 2.20. The van der Waals surface area contributed by atoms with Crippen LogP contribution in [-0.2, 0) is 11.3 Å². The molecule has 1 saturated heterocycles. The second kappa shape index (κ2) is 10.6. The van der Waals surface area contributed by atoms with Crippen LogP contribution in [0.15, 0.2) is 46.8 Å². The van der Waals surface area contributed by atoms with Gasteiger partial charge in [0.05, 0.1) is 18.1 Å². The van der Waals surface area contributed by atoms with E-state index in [9.17, 15) is 9.59 Å². The van der Waals surface area contributed by atoms with Gasteiger partial charge in [-0.3, -0.25) is 9.59 Å². The first-order valence-electron chi connectivity index (χ1n) is 10.0. The normalized spacial score (nSPS) is 14.5. The van der Waals surface area contributed by atoms with E-state index in [0.717, 1.165) is 44.2 Å². The smallest absolute Gasteiger partial charge is 0.251 e. The minimum atomic E-state index is -0.568. The van der Waals surface area contributed by atoms with Gasteiger partial charge in [-0.2, -0.15) is 0 Å². The number of amides is 2. The fourth-order valence-electron chi connectivity index (χ4n) is 3.21. The van der Waals surface area contributed by atoms with Gasteiger partial charge in [0, 0.05) is 38.3 Å². The Morgan fingerprint density at radius 2 is 1.83 bits per heavy atom. The van der Waals surface area contributed by atoms with Crippen molar-refractivity contribution in [2.45, 2.75) is 13.5 Å². The lowest BCUT2D eigenvalue weighted by atomic mass is 10.1. The van der Waals surface area contributed by atoms with Crippen molar-refractivity contribution in [1.29, 1.82) is 0 Å². The number of guanidine groups is 1. The predicted octanol–water partition coefficient (Wildman–Crippen LogP) is 1.25. The van der Waals surface area contributed by atoms with Crippen molar-refractivity contribution in [2.75, 3.05) is 44.2 Å². The second-order valence-electron chi connectivity index (χ2n) is 6.94. The van der Waals surface area contributed by atoms with Gasteiger partial charge in [-0.15, -0.1) is 11.3 Å². The molecule has 0 bridgehead atoms. The van der Waals surface area contributed by atoms with E-state index in [1.807, 2.05) is 12.1 Å². The summed E-state index contributed by atoms with van der Waals surface area (Å²) >= 11 is 1.77. The molecule has 0 aliphatic carbocycles. The fourth-order valence-corrected chi connectivity index (χ4v) is 4.00. The molecule has 2 heterocycles. The largest absolute Gasteiger partial charge is 0.368 e. The second-order valence-corrected chi connectivity index (χ2v) is 7.87. The third-order valence-electron chi connectivity index (χ3n) is 4.78. The third-order valence-corrected chi connectivity index (χ3v) is 5.71. The fraction of sp³-hybridized carbons (Fsp3) is 0.381. The van der Waals surface area contributed by atoms with Gasteiger partial charge in [-0.05, 0) is 42.1 Å². The van der Waals surface area contributed by atoms with Crippen molar-refractivity contribution in [3.05, 3.63) is 52.9 Å². The quantitative estimate of drug-likeness (QED) is 0.455. The molecule has 2 amide bonds. The van der Waals surface area contributed by atoms with Crippen LogP contribution in [0.2, 0.25) is 0 Å². The number of aliphatic imine (C=N–C) groups is 1. The van der Waals surface area contributed by atoms with E-state index in [2.05, 4.69) is 44.9 Å². The summed E-state index contributed by atoms with van der Waals surface area (Å²) in [6.45, 7) is 7.01. The molecule has 1 aliphatic heterocycles. The van der Waals surface area contributed by atoms with Crippen LogP contribution in [0.4, 0.5) is 5.00 Å². The number of thiophene rings is 1. The maximum absolute atomic E-state index is 12.0. The molecular formula is C21H28N6O2S. The Labute approximate surface area is 180 Å². The van der Waals surface area contributed by atoms with Crippen LogP contribution >= 0.6 is 11.3 Å². The first-order chi connectivity index (χ1) is 14.6. The van der Waals surface area contributed by atoms with E-state index in [-0.39, 0.29) is 12.5 Å². The summed E-state index contributed by atoms with van der Waals surface area (Å²) in [7, 11) is 0. The average Bonchev–Trinajstić information content (AvgIpc) is 3.30. The summed E-state index contributed by atoms with van der Waals surface area (Å²) in [6.07, 6.45) is 0. The number of nitrogens with one attached hydrogen (secondary N) is 2. The molecule has 0 atom stereocenters. The number of carbonyl (C=O) groups excluding carboxylic acids is 2. The molecule has 1 aromatic heterocycles. The van der Waals surface area contributed by atoms with E-state index in [0.29, 0.717) is 12.1 Å². The predicted molar refractivity (Wildman–Crippen MR) is 121 cm³/mol. The van der Waals surface area contributed by atoms with Crippen LogP contribution in [0.5, 0.6) is 0 Å². The molecule has 1 aromatic carbocycles. The Hall–Kier alpha value is -3.07. The maximum atomic E-state index is 12.0. The molecule has 0 radical (unpaired) electrons. The van der Waals surface area contributed by atoms with Gasteiger partial charge >= 0.3 is 0 Å². The third kappa shape index (κ3) is 5.96. The van der Waals surface area contributed by atoms with Gasteiger partial charge in [0.15, 0.2) is 5.96 Å². The molecular weight excluding hydrogens is 400 g/mol. The van der Waals surface area contributed by atoms with Crippen molar-refractivity contribution in [3.63, 3.8) is 0 Å². The number of anilines is 1. The Morgan fingerprint density at radius 1 is 1.10 bits per heavy atom. The lowest BCUT2D eigenvalue weighted by Gasteiger charge is -2.37. The number of hydrogen-bond donors (Lipinski definition) is 3. The number of piperazine rings is 1. The van der Waals surface area contributed by atoms with Gasteiger partial charge in [-0.25, -0.2) is 4.99 Å². The molecule has 2 aromatic rings. The standard InChI is InChI=1S/C21H28N6O2S/c1-2-23-21(27-11-9-26(10-12-27)19-4-3-13-30-19)25-14-16-5-7-17(8-6-16)20(29)24-15-18(22)28/h3-8,13H,2,9-12,14-15H2,1H3,(H2,22,28)(H,23,25)(H,24,29). The zero-order valence-electron chi connectivity index (χ0n) is 17.1. The molecule has 1 fully saturated rings. The van der Waals surface area contributed by atoms with Crippen LogP contribution in [0.3, 0.4) is 0 Å². The topological polar surface area (TPSA) is 103 Å². The summed E-state index contributed by atoms with van der Waals surface area (Å²) in [5.74, 6) is 0.0221. The minimum absolute atomic E-state index is 0.170. The molecule has 160 valence electrons. The van der Waals surface area contributed by atoms with Crippen LogP contribution in [0, 0.1) is 0 Å². The van der Waals surface area contributed by atoms with Gasteiger partial charge < -0.3 is 26.2 Å². The number of nitrogens with two attached hydrogens (primary N) is 1.